The average Bonchev–Trinajstić information content (AvgIpc) is 2.75. The van der Waals surface area contributed by atoms with Crippen molar-refractivity contribution in [3.05, 3.63) is 12.1 Å². The fourth-order valence-electron chi connectivity index (χ4n) is 1.58. The number of benzene rings is 1. The van der Waals surface area contributed by atoms with Gasteiger partial charge in [0.1, 0.15) is 0 Å². The third kappa shape index (κ3) is 3.11. The minimum absolute atomic E-state index is 0.100. The fraction of sp³-hybridized carbons (Fsp3) is 0.364. The molecule has 0 saturated heterocycles. The molecule has 0 saturated carbocycles. The van der Waals surface area contributed by atoms with Crippen LogP contribution in [0.15, 0.2) is 12.1 Å². The highest BCUT2D eigenvalue weighted by Gasteiger charge is 2.19. The molecule has 1 aromatic rings. The van der Waals surface area contributed by atoms with Crippen LogP contribution in [0.25, 0.3) is 0 Å². The lowest BCUT2D eigenvalue weighted by molar-refractivity contribution is -0.116. The van der Waals surface area contributed by atoms with Crippen LogP contribution in [0, 0.1) is 0 Å². The number of nitrogens with two attached hydrogens (primary N) is 1. The molecule has 0 aliphatic carbocycles. The van der Waals surface area contributed by atoms with Crippen molar-refractivity contribution in [3.63, 3.8) is 0 Å². The van der Waals surface area contributed by atoms with Crippen molar-refractivity contribution in [3.8, 4) is 11.5 Å². The predicted octanol–water partition coefficient (Wildman–Crippen LogP) is -0.173. The summed E-state index contributed by atoms with van der Waals surface area (Å²) in [7, 11) is -2.10. The average molecular weight is 301 g/mol. The number of likely N-dealkylation sites (N-methyl/N-ethyl adjacent to an activating group) is 1. The lowest BCUT2D eigenvalue weighted by atomic mass is 10.2. The molecule has 0 atom stereocenters. The van der Waals surface area contributed by atoms with E-state index in [2.05, 4.69) is 5.32 Å². The Labute approximate surface area is 116 Å². The standard InChI is InChI=1S/C11H15N3O5S/c1-14(20(2,16)17)5-11(15)13-8-4-10-9(3-7(8)12)18-6-19-10/h3-4H,5-6,12H2,1-2H3,(H,13,15). The molecular formula is C11H15N3O5S. The normalized spacial score (nSPS) is 13.6. The van der Waals surface area contributed by atoms with Crippen molar-refractivity contribution < 1.29 is 22.7 Å². The van der Waals surface area contributed by atoms with Crippen LogP contribution < -0.4 is 20.5 Å². The highest BCUT2D eigenvalue weighted by Crippen LogP contribution is 2.38. The molecule has 3 N–H and O–H groups in total. The lowest BCUT2D eigenvalue weighted by Gasteiger charge is -2.14. The SMILES string of the molecule is CN(CC(=O)Nc1cc2c(cc1N)OCO2)S(C)(=O)=O. The van der Waals surface area contributed by atoms with Crippen molar-refractivity contribution in [2.75, 3.05) is 37.7 Å². The zero-order valence-electron chi connectivity index (χ0n) is 11.0. The van der Waals surface area contributed by atoms with Gasteiger partial charge in [0.25, 0.3) is 0 Å². The topological polar surface area (TPSA) is 111 Å². The van der Waals surface area contributed by atoms with Gasteiger partial charge in [-0.2, -0.15) is 4.31 Å². The lowest BCUT2D eigenvalue weighted by Crippen LogP contribution is -2.34. The van der Waals surface area contributed by atoms with E-state index in [1.807, 2.05) is 0 Å². The van der Waals surface area contributed by atoms with Crippen LogP contribution >= 0.6 is 0 Å². The van der Waals surface area contributed by atoms with E-state index in [4.69, 9.17) is 15.2 Å². The number of ether oxygens (including phenoxy) is 2. The number of rotatable bonds is 4. The van der Waals surface area contributed by atoms with Gasteiger partial charge in [-0.05, 0) is 0 Å². The van der Waals surface area contributed by atoms with E-state index in [0.29, 0.717) is 22.9 Å². The first kappa shape index (κ1) is 14.4. The number of hydrogen-bond acceptors (Lipinski definition) is 6. The maximum absolute atomic E-state index is 11.8. The number of sulfonamides is 1. The molecule has 1 aliphatic heterocycles. The number of anilines is 2. The van der Waals surface area contributed by atoms with Gasteiger partial charge in [-0.15, -0.1) is 0 Å². The van der Waals surface area contributed by atoms with Crippen LogP contribution in [0.2, 0.25) is 0 Å². The second kappa shape index (κ2) is 5.17. The first-order chi connectivity index (χ1) is 9.27. The van der Waals surface area contributed by atoms with Gasteiger partial charge >= 0.3 is 0 Å². The molecule has 1 aromatic carbocycles. The zero-order valence-corrected chi connectivity index (χ0v) is 11.9. The van der Waals surface area contributed by atoms with Gasteiger partial charge in [0.15, 0.2) is 11.5 Å². The summed E-state index contributed by atoms with van der Waals surface area (Å²) in [5, 5.41) is 2.54. The summed E-state index contributed by atoms with van der Waals surface area (Å²) in [6, 6.07) is 3.08. The van der Waals surface area contributed by atoms with Crippen molar-refractivity contribution >= 4 is 27.3 Å². The van der Waals surface area contributed by atoms with E-state index in [0.717, 1.165) is 10.6 Å². The maximum Gasteiger partial charge on any atom is 0.239 e. The third-order valence-electron chi connectivity index (χ3n) is 2.75. The molecular weight excluding hydrogens is 286 g/mol. The Morgan fingerprint density at radius 3 is 2.60 bits per heavy atom. The first-order valence-electron chi connectivity index (χ1n) is 5.67. The van der Waals surface area contributed by atoms with Crippen LogP contribution in [0.3, 0.4) is 0 Å². The summed E-state index contributed by atoms with van der Waals surface area (Å²) in [6.45, 7) is -0.199. The molecule has 110 valence electrons. The Bertz CT molecular complexity index is 644. The molecule has 1 aliphatic rings. The number of hydrogen-bond donors (Lipinski definition) is 2. The second-order valence-electron chi connectivity index (χ2n) is 4.36. The Morgan fingerprint density at radius 2 is 2.00 bits per heavy atom. The number of nitrogens with one attached hydrogen (secondary N) is 1. The van der Waals surface area contributed by atoms with Crippen LogP contribution in [-0.4, -0.2) is 45.3 Å². The number of carbonyl (C=O) groups is 1. The van der Waals surface area contributed by atoms with Gasteiger partial charge in [0.2, 0.25) is 22.7 Å². The molecule has 1 heterocycles. The van der Waals surface area contributed by atoms with E-state index < -0.39 is 15.9 Å². The van der Waals surface area contributed by atoms with Crippen molar-refractivity contribution in [1.29, 1.82) is 0 Å². The molecule has 9 heteroatoms. The van der Waals surface area contributed by atoms with Gasteiger partial charge < -0.3 is 20.5 Å². The van der Waals surface area contributed by atoms with E-state index in [-0.39, 0.29) is 13.3 Å². The smallest absolute Gasteiger partial charge is 0.239 e. The maximum atomic E-state index is 11.8. The summed E-state index contributed by atoms with van der Waals surface area (Å²) in [5.74, 6) is 0.489. The van der Waals surface area contributed by atoms with Crippen LogP contribution in [0.5, 0.6) is 11.5 Å². The van der Waals surface area contributed by atoms with Gasteiger partial charge in [0.05, 0.1) is 24.2 Å². The molecule has 0 aromatic heterocycles. The molecule has 8 nitrogen and oxygen atoms in total. The van der Waals surface area contributed by atoms with E-state index in [1.54, 1.807) is 0 Å². The van der Waals surface area contributed by atoms with Crippen molar-refractivity contribution in [2.45, 2.75) is 0 Å². The Balaban J connectivity index is 2.09. The van der Waals surface area contributed by atoms with E-state index in [1.165, 1.54) is 19.2 Å². The molecule has 20 heavy (non-hydrogen) atoms. The molecule has 0 fully saturated rings. The highest BCUT2D eigenvalue weighted by atomic mass is 32.2. The summed E-state index contributed by atoms with van der Waals surface area (Å²) >= 11 is 0. The highest BCUT2D eigenvalue weighted by molar-refractivity contribution is 7.88. The largest absolute Gasteiger partial charge is 0.454 e. The molecule has 0 unspecified atom stereocenters. The molecule has 0 radical (unpaired) electrons. The number of nitrogen functional groups attached to an aromatic ring is 1. The predicted molar refractivity (Wildman–Crippen MR) is 73.1 cm³/mol. The van der Waals surface area contributed by atoms with Crippen LogP contribution in [0.1, 0.15) is 0 Å². The molecule has 1 amide bonds. The van der Waals surface area contributed by atoms with E-state index >= 15 is 0 Å². The Morgan fingerprint density at radius 1 is 1.40 bits per heavy atom. The molecule has 0 bridgehead atoms. The van der Waals surface area contributed by atoms with Gasteiger partial charge in [-0.1, -0.05) is 0 Å². The van der Waals surface area contributed by atoms with Gasteiger partial charge in [-0.3, -0.25) is 4.79 Å². The summed E-state index contributed by atoms with van der Waals surface area (Å²) in [6.07, 6.45) is 1.02. The van der Waals surface area contributed by atoms with Crippen molar-refractivity contribution in [1.82, 2.24) is 4.31 Å². The minimum Gasteiger partial charge on any atom is -0.454 e. The Hall–Kier alpha value is -2.00. The molecule has 0 spiro atoms. The summed E-state index contributed by atoms with van der Waals surface area (Å²) in [4.78, 5) is 11.8. The first-order valence-corrected chi connectivity index (χ1v) is 7.52. The summed E-state index contributed by atoms with van der Waals surface area (Å²) < 4.78 is 33.7. The van der Waals surface area contributed by atoms with Gasteiger partial charge in [-0.25, -0.2) is 8.42 Å². The quantitative estimate of drug-likeness (QED) is 0.747. The Kier molecular flexibility index (Phi) is 3.73. The zero-order chi connectivity index (χ0) is 14.9. The fourth-order valence-corrected chi connectivity index (χ4v) is 1.93. The van der Waals surface area contributed by atoms with Gasteiger partial charge in [0, 0.05) is 19.2 Å². The van der Waals surface area contributed by atoms with Crippen molar-refractivity contribution in [2.24, 2.45) is 0 Å². The number of carbonyl (C=O) groups excluding carboxylic acids is 1. The number of amides is 1. The molecule has 2 rings (SSSR count). The second-order valence-corrected chi connectivity index (χ2v) is 6.45. The van der Waals surface area contributed by atoms with E-state index in [9.17, 15) is 13.2 Å². The van der Waals surface area contributed by atoms with Crippen LogP contribution in [-0.2, 0) is 14.8 Å². The number of nitrogens with zero attached hydrogens (tertiary/aromatic N) is 1. The minimum atomic E-state index is -3.41. The monoisotopic (exact) mass is 301 g/mol. The third-order valence-corrected chi connectivity index (χ3v) is 4.01. The number of fused-ring (bicyclic) bond motifs is 1. The van der Waals surface area contributed by atoms with Crippen LogP contribution in [0.4, 0.5) is 11.4 Å². The summed E-state index contributed by atoms with van der Waals surface area (Å²) in [5.41, 5.74) is 6.43.